The van der Waals surface area contributed by atoms with Gasteiger partial charge in [0.15, 0.2) is 0 Å². The van der Waals surface area contributed by atoms with E-state index in [1.54, 1.807) is 29.4 Å². The lowest BCUT2D eigenvalue weighted by Gasteiger charge is -2.18. The normalized spacial score (nSPS) is 17.1. The molecule has 6 nitrogen and oxygen atoms in total. The number of aromatic amines is 1. The minimum absolute atomic E-state index is 0.0639. The van der Waals surface area contributed by atoms with Gasteiger partial charge in [0.2, 0.25) is 5.91 Å². The van der Waals surface area contributed by atoms with Crippen LogP contribution in [-0.4, -0.2) is 34.4 Å². The quantitative estimate of drug-likeness (QED) is 0.764. The maximum atomic E-state index is 12.8. The number of rotatable bonds is 3. The Labute approximate surface area is 151 Å². The molecule has 26 heavy (non-hydrogen) atoms. The first-order valence-corrected chi connectivity index (χ1v) is 8.65. The van der Waals surface area contributed by atoms with E-state index < -0.39 is 6.04 Å². The van der Waals surface area contributed by atoms with Crippen LogP contribution in [0.4, 0.5) is 5.69 Å². The lowest BCUT2D eigenvalue weighted by Crippen LogP contribution is -2.41. The maximum Gasteiger partial charge on any atom is 0.252 e. The first kappa shape index (κ1) is 16.3. The molecule has 6 heteroatoms. The van der Waals surface area contributed by atoms with Crippen LogP contribution in [0.25, 0.3) is 11.0 Å². The Kier molecular flexibility index (Phi) is 3.95. The molecule has 0 bridgehead atoms. The second-order valence-corrected chi connectivity index (χ2v) is 6.78. The smallest absolute Gasteiger partial charge is 0.252 e. The van der Waals surface area contributed by atoms with Crippen molar-refractivity contribution in [1.82, 2.24) is 15.3 Å². The summed E-state index contributed by atoms with van der Waals surface area (Å²) in [6, 6.07) is 10.8. The number of carbonyl (C=O) groups excluding carboxylic acids is 2. The van der Waals surface area contributed by atoms with Gasteiger partial charge in [0.1, 0.15) is 6.04 Å². The molecule has 2 aromatic carbocycles. The zero-order chi connectivity index (χ0) is 18.3. The first-order valence-electron chi connectivity index (χ1n) is 8.65. The molecular formula is C20H20N4O2. The molecule has 2 amide bonds. The number of carbonyl (C=O) groups is 2. The zero-order valence-corrected chi connectivity index (χ0v) is 14.7. The number of nitrogens with one attached hydrogen (secondary N) is 2. The highest BCUT2D eigenvalue weighted by Gasteiger charge is 2.33. The zero-order valence-electron chi connectivity index (χ0n) is 14.7. The molecule has 1 fully saturated rings. The number of benzene rings is 2. The van der Waals surface area contributed by atoms with E-state index in [1.165, 1.54) is 0 Å². The number of nitrogens with zero attached hydrogens (tertiary/aromatic N) is 2. The van der Waals surface area contributed by atoms with Gasteiger partial charge in [0.25, 0.3) is 5.91 Å². The van der Waals surface area contributed by atoms with E-state index in [0.717, 1.165) is 27.8 Å². The van der Waals surface area contributed by atoms with Crippen molar-refractivity contribution in [3.63, 3.8) is 0 Å². The van der Waals surface area contributed by atoms with Crippen LogP contribution in [0, 0.1) is 13.8 Å². The second kappa shape index (κ2) is 6.29. The molecule has 0 radical (unpaired) electrons. The number of imidazole rings is 1. The summed E-state index contributed by atoms with van der Waals surface area (Å²) in [5, 5.41) is 2.87. The van der Waals surface area contributed by atoms with E-state index in [9.17, 15) is 9.59 Å². The van der Waals surface area contributed by atoms with Gasteiger partial charge in [-0.05, 0) is 61.7 Å². The summed E-state index contributed by atoms with van der Waals surface area (Å²) in [6.45, 7) is 4.63. The summed E-state index contributed by atoms with van der Waals surface area (Å²) in [4.78, 5) is 34.2. The van der Waals surface area contributed by atoms with Gasteiger partial charge in [-0.1, -0.05) is 6.07 Å². The van der Waals surface area contributed by atoms with Crippen molar-refractivity contribution >= 4 is 28.5 Å². The Morgan fingerprint density at radius 1 is 1.19 bits per heavy atom. The summed E-state index contributed by atoms with van der Waals surface area (Å²) < 4.78 is 0. The van der Waals surface area contributed by atoms with E-state index in [4.69, 9.17) is 0 Å². The van der Waals surface area contributed by atoms with Crippen LogP contribution in [0.5, 0.6) is 0 Å². The molecule has 1 aliphatic rings. The standard InChI is InChI=1S/C20H20N4O2/c1-12-7-13(2)9-15(8-12)24-6-5-17(20(24)26)23-19(25)14-3-4-16-18(10-14)22-11-21-16/h3-4,7-11,17H,5-6H2,1-2H3,(H,21,22)(H,23,25). The molecule has 1 unspecified atom stereocenters. The summed E-state index contributed by atoms with van der Waals surface area (Å²) in [7, 11) is 0. The molecule has 0 aliphatic carbocycles. The highest BCUT2D eigenvalue weighted by molar-refractivity contribution is 6.04. The van der Waals surface area contributed by atoms with E-state index in [-0.39, 0.29) is 11.8 Å². The Hall–Kier alpha value is -3.15. The number of fused-ring (bicyclic) bond motifs is 1. The van der Waals surface area contributed by atoms with E-state index in [1.807, 2.05) is 26.0 Å². The van der Waals surface area contributed by atoms with Crippen molar-refractivity contribution < 1.29 is 9.59 Å². The molecule has 132 valence electrons. The second-order valence-electron chi connectivity index (χ2n) is 6.78. The van der Waals surface area contributed by atoms with Gasteiger partial charge in [-0.25, -0.2) is 4.98 Å². The van der Waals surface area contributed by atoms with E-state index in [0.29, 0.717) is 18.5 Å². The number of aryl methyl sites for hydroxylation is 2. The van der Waals surface area contributed by atoms with Gasteiger partial charge < -0.3 is 15.2 Å². The molecule has 4 rings (SSSR count). The summed E-state index contributed by atoms with van der Waals surface area (Å²) >= 11 is 0. The molecule has 0 spiro atoms. The molecule has 3 aromatic rings. The number of amides is 2. The predicted octanol–water partition coefficient (Wildman–Crippen LogP) is 2.72. The average Bonchev–Trinajstić information content (AvgIpc) is 3.20. The summed E-state index contributed by atoms with van der Waals surface area (Å²) in [5.41, 5.74) is 5.25. The molecule has 2 heterocycles. The number of hydrogen-bond donors (Lipinski definition) is 2. The van der Waals surface area contributed by atoms with Crippen LogP contribution >= 0.6 is 0 Å². The molecule has 0 saturated carbocycles. The summed E-state index contributed by atoms with van der Waals surface area (Å²) in [5.74, 6) is -0.312. The molecule has 1 aromatic heterocycles. The molecule has 1 saturated heterocycles. The maximum absolute atomic E-state index is 12.8. The number of hydrogen-bond acceptors (Lipinski definition) is 3. The highest BCUT2D eigenvalue weighted by atomic mass is 16.2. The third kappa shape index (κ3) is 2.94. The third-order valence-corrected chi connectivity index (χ3v) is 4.71. The first-order chi connectivity index (χ1) is 12.5. The van der Waals surface area contributed by atoms with Crippen LogP contribution in [0.2, 0.25) is 0 Å². The van der Waals surface area contributed by atoms with Gasteiger partial charge >= 0.3 is 0 Å². The van der Waals surface area contributed by atoms with E-state index >= 15 is 0 Å². The van der Waals surface area contributed by atoms with Crippen molar-refractivity contribution in [2.24, 2.45) is 0 Å². The fraction of sp³-hybridized carbons (Fsp3) is 0.250. The Bertz CT molecular complexity index is 988. The molecule has 1 aliphatic heterocycles. The molecule has 1 atom stereocenters. The highest BCUT2D eigenvalue weighted by Crippen LogP contribution is 2.24. The van der Waals surface area contributed by atoms with Crippen molar-refractivity contribution in [2.75, 3.05) is 11.4 Å². The summed E-state index contributed by atoms with van der Waals surface area (Å²) in [6.07, 6.45) is 2.19. The Morgan fingerprint density at radius 2 is 1.96 bits per heavy atom. The van der Waals surface area contributed by atoms with Crippen LogP contribution in [-0.2, 0) is 4.79 Å². The lowest BCUT2D eigenvalue weighted by molar-refractivity contribution is -0.118. The number of aromatic nitrogens is 2. The van der Waals surface area contributed by atoms with Gasteiger partial charge in [-0.3, -0.25) is 9.59 Å². The van der Waals surface area contributed by atoms with Crippen molar-refractivity contribution in [2.45, 2.75) is 26.3 Å². The van der Waals surface area contributed by atoms with Crippen LogP contribution in [0.3, 0.4) is 0 Å². The number of H-pyrrole nitrogens is 1. The fourth-order valence-electron chi connectivity index (χ4n) is 3.50. The van der Waals surface area contributed by atoms with Crippen LogP contribution < -0.4 is 10.2 Å². The van der Waals surface area contributed by atoms with Crippen molar-refractivity contribution in [3.05, 3.63) is 59.4 Å². The van der Waals surface area contributed by atoms with Gasteiger partial charge in [0.05, 0.1) is 17.4 Å². The van der Waals surface area contributed by atoms with Crippen molar-refractivity contribution in [3.8, 4) is 0 Å². The van der Waals surface area contributed by atoms with Gasteiger partial charge in [0, 0.05) is 17.8 Å². The number of anilines is 1. The molecule has 2 N–H and O–H groups in total. The monoisotopic (exact) mass is 348 g/mol. The SMILES string of the molecule is Cc1cc(C)cc(N2CCC(NC(=O)c3ccc4nc[nH]c4c3)C2=O)c1. The van der Waals surface area contributed by atoms with Crippen LogP contribution in [0.15, 0.2) is 42.7 Å². The Balaban J connectivity index is 1.50. The predicted molar refractivity (Wildman–Crippen MR) is 100 cm³/mol. The lowest BCUT2D eigenvalue weighted by atomic mass is 10.1. The minimum atomic E-state index is -0.499. The van der Waals surface area contributed by atoms with Crippen LogP contribution in [0.1, 0.15) is 27.9 Å². The van der Waals surface area contributed by atoms with Crippen molar-refractivity contribution in [1.29, 1.82) is 0 Å². The third-order valence-electron chi connectivity index (χ3n) is 4.71. The topological polar surface area (TPSA) is 78.1 Å². The molecular weight excluding hydrogens is 328 g/mol. The van der Waals surface area contributed by atoms with Gasteiger partial charge in [-0.15, -0.1) is 0 Å². The van der Waals surface area contributed by atoms with Gasteiger partial charge in [-0.2, -0.15) is 0 Å². The average molecular weight is 348 g/mol. The Morgan fingerprint density at radius 3 is 2.73 bits per heavy atom. The minimum Gasteiger partial charge on any atom is -0.345 e. The van der Waals surface area contributed by atoms with E-state index in [2.05, 4.69) is 21.4 Å². The fourth-order valence-corrected chi connectivity index (χ4v) is 3.50. The largest absolute Gasteiger partial charge is 0.345 e.